The number of aliphatic hydroxyl groups is 1. The maximum Gasteiger partial charge on any atom is 0.410 e. The Balaban J connectivity index is 1.60. The summed E-state index contributed by atoms with van der Waals surface area (Å²) in [6, 6.07) is 5.43. The van der Waals surface area contributed by atoms with Gasteiger partial charge in [0.25, 0.3) is 0 Å². The molecule has 2 atom stereocenters. The molecule has 1 amide bonds. The molecule has 3 rings (SSSR count). The quantitative estimate of drug-likeness (QED) is 0.702. The summed E-state index contributed by atoms with van der Waals surface area (Å²) in [6.45, 7) is 11.7. The van der Waals surface area contributed by atoms with Gasteiger partial charge >= 0.3 is 12.1 Å². The highest BCUT2D eigenvalue weighted by atomic mass is 16.6. The van der Waals surface area contributed by atoms with Gasteiger partial charge in [-0.25, -0.2) is 9.59 Å². The number of benzene rings is 1. The number of hydrogen-bond donors (Lipinski definition) is 1. The Morgan fingerprint density at radius 3 is 2.50 bits per heavy atom. The first-order chi connectivity index (χ1) is 14.8. The number of esters is 1. The van der Waals surface area contributed by atoms with Crippen LogP contribution >= 0.6 is 0 Å². The van der Waals surface area contributed by atoms with Crippen LogP contribution in [0.4, 0.5) is 4.79 Å². The van der Waals surface area contributed by atoms with Crippen LogP contribution in [0.2, 0.25) is 0 Å². The molecule has 0 spiro atoms. The topological polar surface area (TPSA) is 103 Å². The zero-order valence-corrected chi connectivity index (χ0v) is 19.6. The number of carbonyl (C=O) groups is 2. The molecule has 0 radical (unpaired) electrons. The van der Waals surface area contributed by atoms with Gasteiger partial charge in [-0.05, 0) is 66.2 Å². The number of rotatable bonds is 5. The molecule has 1 aliphatic heterocycles. The molecule has 9 nitrogen and oxygen atoms in total. The Labute approximate surface area is 188 Å². The first-order valence-electron chi connectivity index (χ1n) is 10.8. The Morgan fingerprint density at radius 2 is 1.84 bits per heavy atom. The first kappa shape index (κ1) is 23.8. The highest BCUT2D eigenvalue weighted by Gasteiger charge is 2.31. The first-order valence-corrected chi connectivity index (χ1v) is 10.8. The van der Waals surface area contributed by atoms with Crippen molar-refractivity contribution in [3.63, 3.8) is 0 Å². The number of fused-ring (bicyclic) bond motifs is 1. The normalized spacial score (nSPS) is 18.0. The molecule has 1 saturated heterocycles. The highest BCUT2D eigenvalue weighted by molar-refractivity contribution is 5.80. The largest absolute Gasteiger partial charge is 0.490 e. The third-order valence-corrected chi connectivity index (χ3v) is 4.77. The van der Waals surface area contributed by atoms with Crippen molar-refractivity contribution in [2.75, 3.05) is 19.7 Å². The third kappa shape index (κ3) is 6.35. The number of carbonyl (C=O) groups excluding carboxylic acids is 2. The number of hydrogen-bond acceptors (Lipinski definition) is 7. The SMILES string of the molecule is CC(C)(C)OC(=O)[C@H](O)COc1ccc2nn([C@@H]3CCN(C(=O)OC(C)(C)C)C3)cc2c1. The molecule has 1 aromatic carbocycles. The van der Waals surface area contributed by atoms with Gasteiger partial charge in [0.2, 0.25) is 0 Å². The average molecular weight is 448 g/mol. The molecule has 0 saturated carbocycles. The van der Waals surface area contributed by atoms with Gasteiger partial charge < -0.3 is 24.2 Å². The standard InChI is InChI=1S/C23H33N3O6/c1-22(2,3)31-20(28)19(27)14-30-17-7-8-18-15(11-17)12-26(24-18)16-9-10-25(13-16)21(29)32-23(4,5)6/h7-8,11-12,16,19,27H,9-10,13-14H2,1-6H3/t16-,19-/m1/s1. The van der Waals surface area contributed by atoms with Crippen molar-refractivity contribution < 1.29 is 28.9 Å². The average Bonchev–Trinajstić information content (AvgIpc) is 3.29. The summed E-state index contributed by atoms with van der Waals surface area (Å²) in [7, 11) is 0. The van der Waals surface area contributed by atoms with Crippen molar-refractivity contribution in [1.82, 2.24) is 14.7 Å². The van der Waals surface area contributed by atoms with E-state index in [0.717, 1.165) is 17.3 Å². The minimum atomic E-state index is -1.37. The summed E-state index contributed by atoms with van der Waals surface area (Å²) in [5.74, 6) is -0.205. The van der Waals surface area contributed by atoms with Gasteiger partial charge in [0.15, 0.2) is 6.10 Å². The van der Waals surface area contributed by atoms with Gasteiger partial charge in [-0.1, -0.05) is 0 Å². The van der Waals surface area contributed by atoms with E-state index < -0.39 is 23.3 Å². The Kier molecular flexibility index (Phi) is 6.69. The molecular formula is C23H33N3O6. The maximum absolute atomic E-state index is 12.3. The lowest BCUT2D eigenvalue weighted by atomic mass is 10.2. The summed E-state index contributed by atoms with van der Waals surface area (Å²) in [4.78, 5) is 25.9. The molecule has 1 fully saturated rings. The van der Waals surface area contributed by atoms with Crippen LogP contribution in [0.25, 0.3) is 10.9 Å². The minimum Gasteiger partial charge on any atom is -0.490 e. The van der Waals surface area contributed by atoms with E-state index in [4.69, 9.17) is 14.2 Å². The zero-order valence-electron chi connectivity index (χ0n) is 19.6. The third-order valence-electron chi connectivity index (χ3n) is 4.77. The van der Waals surface area contributed by atoms with Crippen molar-refractivity contribution in [3.05, 3.63) is 24.4 Å². The van der Waals surface area contributed by atoms with E-state index in [1.54, 1.807) is 37.8 Å². The number of amides is 1. The van der Waals surface area contributed by atoms with Crippen LogP contribution in [-0.4, -0.2) is 68.9 Å². The van der Waals surface area contributed by atoms with Crippen molar-refractivity contribution in [2.45, 2.75) is 71.3 Å². The van der Waals surface area contributed by atoms with E-state index in [1.165, 1.54) is 0 Å². The van der Waals surface area contributed by atoms with Crippen LogP contribution in [0, 0.1) is 0 Å². The van der Waals surface area contributed by atoms with Gasteiger partial charge in [0.05, 0.1) is 11.6 Å². The molecule has 1 aliphatic rings. The Hall–Kier alpha value is -2.81. The molecule has 176 valence electrons. The van der Waals surface area contributed by atoms with E-state index in [0.29, 0.717) is 18.8 Å². The van der Waals surface area contributed by atoms with E-state index in [-0.39, 0.29) is 18.7 Å². The molecule has 2 heterocycles. The molecule has 32 heavy (non-hydrogen) atoms. The number of nitrogens with zero attached hydrogens (tertiary/aromatic N) is 3. The van der Waals surface area contributed by atoms with E-state index in [1.807, 2.05) is 37.7 Å². The molecule has 2 aromatic rings. The second kappa shape index (κ2) is 8.97. The van der Waals surface area contributed by atoms with Gasteiger partial charge in [-0.2, -0.15) is 5.10 Å². The summed E-state index contributed by atoms with van der Waals surface area (Å²) >= 11 is 0. The molecule has 1 aromatic heterocycles. The predicted molar refractivity (Wildman–Crippen MR) is 119 cm³/mol. The Bertz CT molecular complexity index is 972. The van der Waals surface area contributed by atoms with Gasteiger partial charge in [-0.15, -0.1) is 0 Å². The summed E-state index contributed by atoms with van der Waals surface area (Å²) in [5.41, 5.74) is -0.408. The molecular weight excluding hydrogens is 414 g/mol. The van der Waals surface area contributed by atoms with Crippen molar-refractivity contribution in [3.8, 4) is 5.75 Å². The second-order valence-corrected chi connectivity index (χ2v) is 10.1. The fourth-order valence-electron chi connectivity index (χ4n) is 3.36. The van der Waals surface area contributed by atoms with Crippen LogP contribution in [0.5, 0.6) is 5.75 Å². The number of aromatic nitrogens is 2. The van der Waals surface area contributed by atoms with E-state index in [2.05, 4.69) is 5.10 Å². The fourth-order valence-corrected chi connectivity index (χ4v) is 3.36. The summed E-state index contributed by atoms with van der Waals surface area (Å²) in [5, 5.41) is 15.5. The van der Waals surface area contributed by atoms with E-state index in [9.17, 15) is 14.7 Å². The lowest BCUT2D eigenvalue weighted by Crippen LogP contribution is -2.35. The molecule has 1 N–H and O–H groups in total. The number of ether oxygens (including phenoxy) is 3. The van der Waals surface area contributed by atoms with Crippen LogP contribution in [0.1, 0.15) is 54.0 Å². The van der Waals surface area contributed by atoms with Gasteiger partial charge in [0, 0.05) is 24.7 Å². The van der Waals surface area contributed by atoms with Gasteiger partial charge in [-0.3, -0.25) is 4.68 Å². The van der Waals surface area contributed by atoms with Crippen LogP contribution in [-0.2, 0) is 14.3 Å². The monoisotopic (exact) mass is 447 g/mol. The highest BCUT2D eigenvalue weighted by Crippen LogP contribution is 2.27. The maximum atomic E-state index is 12.3. The molecule has 0 bridgehead atoms. The van der Waals surface area contributed by atoms with Crippen molar-refractivity contribution >= 4 is 23.0 Å². The second-order valence-electron chi connectivity index (χ2n) is 10.1. The van der Waals surface area contributed by atoms with Gasteiger partial charge in [0.1, 0.15) is 23.6 Å². The lowest BCUT2D eigenvalue weighted by molar-refractivity contribution is -0.166. The van der Waals surface area contributed by atoms with Crippen molar-refractivity contribution in [2.24, 2.45) is 0 Å². The minimum absolute atomic E-state index is 0.0632. The lowest BCUT2D eigenvalue weighted by Gasteiger charge is -2.24. The molecule has 9 heteroatoms. The van der Waals surface area contributed by atoms with E-state index >= 15 is 0 Å². The van der Waals surface area contributed by atoms with Crippen LogP contribution < -0.4 is 4.74 Å². The smallest absolute Gasteiger partial charge is 0.410 e. The zero-order chi connectivity index (χ0) is 23.7. The fraction of sp³-hybridized carbons (Fsp3) is 0.609. The Morgan fingerprint density at radius 1 is 1.16 bits per heavy atom. The summed E-state index contributed by atoms with van der Waals surface area (Å²) in [6.07, 6.45) is 1.02. The van der Waals surface area contributed by atoms with Crippen LogP contribution in [0.15, 0.2) is 24.4 Å². The van der Waals surface area contributed by atoms with Crippen molar-refractivity contribution in [1.29, 1.82) is 0 Å². The molecule has 0 unspecified atom stereocenters. The predicted octanol–water partition coefficient (Wildman–Crippen LogP) is 3.30. The van der Waals surface area contributed by atoms with Crippen LogP contribution in [0.3, 0.4) is 0 Å². The summed E-state index contributed by atoms with van der Waals surface area (Å²) < 4.78 is 18.1. The molecule has 0 aliphatic carbocycles. The number of aliphatic hydroxyl groups excluding tert-OH is 1. The number of likely N-dealkylation sites (tertiary alicyclic amines) is 1.